The van der Waals surface area contributed by atoms with E-state index in [-0.39, 0.29) is 18.4 Å². The first kappa shape index (κ1) is 14.2. The molecule has 1 aliphatic rings. The van der Waals surface area contributed by atoms with Gasteiger partial charge in [0, 0.05) is 18.0 Å². The standard InChI is InChI=1S/C17H17N3O3/c21-10-12-4-5-15(23-12)11-3-6-16-19-14(9-20(16)8-11)17(22)13-2-1-7-18-13/h3-6,8-9,13,18,21H,1-2,7,10H2/t13-/m0/s1. The number of aliphatic hydroxyl groups is 1. The SMILES string of the molecule is O=C(c1cn2cc(-c3ccc(CO)o3)ccc2n1)[C@@H]1CCCN1. The summed E-state index contributed by atoms with van der Waals surface area (Å²) in [4.78, 5) is 16.8. The van der Waals surface area contributed by atoms with E-state index in [0.29, 0.717) is 17.2 Å². The van der Waals surface area contributed by atoms with Gasteiger partial charge in [0.05, 0.1) is 6.04 Å². The van der Waals surface area contributed by atoms with E-state index < -0.39 is 0 Å². The number of pyridine rings is 1. The Morgan fingerprint density at radius 2 is 2.26 bits per heavy atom. The Hall–Kier alpha value is -2.44. The number of carbonyl (C=O) groups is 1. The van der Waals surface area contributed by atoms with Crippen LogP contribution in [0, 0.1) is 0 Å². The van der Waals surface area contributed by atoms with Gasteiger partial charge in [-0.15, -0.1) is 0 Å². The van der Waals surface area contributed by atoms with Gasteiger partial charge in [0.2, 0.25) is 0 Å². The van der Waals surface area contributed by atoms with E-state index in [1.165, 1.54) is 0 Å². The van der Waals surface area contributed by atoms with Crippen molar-refractivity contribution in [1.82, 2.24) is 14.7 Å². The van der Waals surface area contributed by atoms with Crippen LogP contribution < -0.4 is 5.32 Å². The lowest BCUT2D eigenvalue weighted by Gasteiger charge is -2.05. The van der Waals surface area contributed by atoms with Gasteiger partial charge in [0.15, 0.2) is 5.78 Å². The van der Waals surface area contributed by atoms with Crippen LogP contribution in [-0.4, -0.2) is 32.9 Å². The lowest BCUT2D eigenvalue weighted by atomic mass is 10.1. The molecule has 2 N–H and O–H groups in total. The van der Waals surface area contributed by atoms with Gasteiger partial charge in [-0.2, -0.15) is 0 Å². The quantitative estimate of drug-likeness (QED) is 0.721. The number of ketones is 1. The maximum absolute atomic E-state index is 12.4. The van der Waals surface area contributed by atoms with Gasteiger partial charge in [-0.05, 0) is 43.7 Å². The first-order valence-electron chi connectivity index (χ1n) is 7.71. The molecule has 1 aliphatic heterocycles. The molecule has 1 saturated heterocycles. The molecule has 0 bridgehead atoms. The maximum Gasteiger partial charge on any atom is 0.199 e. The molecule has 0 spiro atoms. The Morgan fingerprint density at radius 3 is 3.00 bits per heavy atom. The number of rotatable bonds is 4. The molecule has 3 aromatic heterocycles. The van der Waals surface area contributed by atoms with E-state index in [9.17, 15) is 4.79 Å². The van der Waals surface area contributed by atoms with Crippen molar-refractivity contribution in [3.63, 3.8) is 0 Å². The molecule has 1 atom stereocenters. The van der Waals surface area contributed by atoms with Crippen LogP contribution in [0.2, 0.25) is 0 Å². The van der Waals surface area contributed by atoms with E-state index in [1.54, 1.807) is 12.3 Å². The molecule has 23 heavy (non-hydrogen) atoms. The summed E-state index contributed by atoms with van der Waals surface area (Å²) in [7, 11) is 0. The molecule has 0 aromatic carbocycles. The van der Waals surface area contributed by atoms with Crippen LogP contribution in [0.25, 0.3) is 17.0 Å². The highest BCUT2D eigenvalue weighted by Crippen LogP contribution is 2.23. The fourth-order valence-electron chi connectivity index (χ4n) is 2.96. The Labute approximate surface area is 132 Å². The fraction of sp³-hybridized carbons (Fsp3) is 0.294. The molecule has 1 fully saturated rings. The van der Waals surface area contributed by atoms with Gasteiger partial charge in [-0.3, -0.25) is 4.79 Å². The summed E-state index contributed by atoms with van der Waals surface area (Å²) in [5.74, 6) is 1.25. The molecule has 4 rings (SSSR count). The van der Waals surface area contributed by atoms with Crippen LogP contribution >= 0.6 is 0 Å². The maximum atomic E-state index is 12.4. The number of aromatic nitrogens is 2. The third-order valence-corrected chi connectivity index (χ3v) is 4.18. The Kier molecular flexibility index (Phi) is 3.48. The smallest absolute Gasteiger partial charge is 0.199 e. The normalized spacial score (nSPS) is 17.9. The van der Waals surface area contributed by atoms with Crippen molar-refractivity contribution < 1.29 is 14.3 Å². The second-order valence-electron chi connectivity index (χ2n) is 5.75. The van der Waals surface area contributed by atoms with Gasteiger partial charge >= 0.3 is 0 Å². The first-order chi connectivity index (χ1) is 11.2. The van der Waals surface area contributed by atoms with E-state index in [1.807, 2.05) is 28.8 Å². The van der Waals surface area contributed by atoms with Crippen LogP contribution in [0.3, 0.4) is 0 Å². The van der Waals surface area contributed by atoms with E-state index in [0.717, 1.165) is 30.6 Å². The number of fused-ring (bicyclic) bond motifs is 1. The van der Waals surface area contributed by atoms with Crippen molar-refractivity contribution >= 4 is 11.4 Å². The summed E-state index contributed by atoms with van der Waals surface area (Å²) >= 11 is 0. The number of nitrogens with one attached hydrogen (secondary N) is 1. The molecule has 0 saturated carbocycles. The summed E-state index contributed by atoms with van der Waals surface area (Å²) in [5.41, 5.74) is 2.08. The van der Waals surface area contributed by atoms with Crippen LogP contribution in [-0.2, 0) is 6.61 Å². The van der Waals surface area contributed by atoms with Gasteiger partial charge in [0.25, 0.3) is 0 Å². The third kappa shape index (κ3) is 2.56. The first-order valence-corrected chi connectivity index (χ1v) is 7.71. The minimum Gasteiger partial charge on any atom is -0.459 e. The van der Waals surface area contributed by atoms with Crippen molar-refractivity contribution in [2.24, 2.45) is 0 Å². The van der Waals surface area contributed by atoms with Crippen molar-refractivity contribution in [3.05, 3.63) is 48.1 Å². The summed E-state index contributed by atoms with van der Waals surface area (Å²) < 4.78 is 7.37. The Balaban J connectivity index is 1.67. The van der Waals surface area contributed by atoms with E-state index >= 15 is 0 Å². The predicted molar refractivity (Wildman–Crippen MR) is 84.2 cm³/mol. The molecule has 6 nitrogen and oxygen atoms in total. The van der Waals surface area contributed by atoms with Gasteiger partial charge in [0.1, 0.15) is 29.5 Å². The van der Waals surface area contributed by atoms with Crippen molar-refractivity contribution in [1.29, 1.82) is 0 Å². The highest BCUT2D eigenvalue weighted by molar-refractivity contribution is 5.99. The van der Waals surface area contributed by atoms with Crippen LogP contribution in [0.15, 0.2) is 41.1 Å². The molecule has 0 aliphatic carbocycles. The van der Waals surface area contributed by atoms with Crippen LogP contribution in [0.4, 0.5) is 0 Å². The number of aliphatic hydroxyl groups excluding tert-OH is 1. The number of nitrogens with zero attached hydrogens (tertiary/aromatic N) is 2. The number of hydrogen-bond donors (Lipinski definition) is 2. The lowest BCUT2D eigenvalue weighted by Crippen LogP contribution is -2.30. The van der Waals surface area contributed by atoms with Crippen LogP contribution in [0.5, 0.6) is 0 Å². The van der Waals surface area contributed by atoms with E-state index in [2.05, 4.69) is 10.3 Å². The largest absolute Gasteiger partial charge is 0.459 e. The second-order valence-corrected chi connectivity index (χ2v) is 5.75. The molecule has 0 unspecified atom stereocenters. The highest BCUT2D eigenvalue weighted by Gasteiger charge is 2.25. The summed E-state index contributed by atoms with van der Waals surface area (Å²) in [5, 5.41) is 12.3. The van der Waals surface area contributed by atoms with Gasteiger partial charge < -0.3 is 19.2 Å². The molecule has 6 heteroatoms. The average molecular weight is 311 g/mol. The Bertz CT molecular complexity index is 859. The summed E-state index contributed by atoms with van der Waals surface area (Å²) in [6.45, 7) is 0.764. The lowest BCUT2D eigenvalue weighted by molar-refractivity contribution is 0.0948. The fourth-order valence-corrected chi connectivity index (χ4v) is 2.96. The zero-order valence-electron chi connectivity index (χ0n) is 12.5. The minimum atomic E-state index is -0.125. The molecule has 0 amide bonds. The molecule has 3 aromatic rings. The number of Topliss-reactive ketones (excluding diaryl/α,β-unsaturated/α-hetero) is 1. The van der Waals surface area contributed by atoms with Crippen molar-refractivity contribution in [2.75, 3.05) is 6.54 Å². The number of imidazole rings is 1. The number of carbonyl (C=O) groups excluding carboxylic acids is 1. The number of furan rings is 1. The third-order valence-electron chi connectivity index (χ3n) is 4.18. The molecular formula is C17H17N3O3. The Morgan fingerprint density at radius 1 is 1.35 bits per heavy atom. The zero-order valence-corrected chi connectivity index (χ0v) is 12.5. The van der Waals surface area contributed by atoms with Crippen LogP contribution in [0.1, 0.15) is 29.1 Å². The van der Waals surface area contributed by atoms with Crippen molar-refractivity contribution in [2.45, 2.75) is 25.5 Å². The van der Waals surface area contributed by atoms with Gasteiger partial charge in [-0.1, -0.05) is 0 Å². The highest BCUT2D eigenvalue weighted by atomic mass is 16.4. The monoisotopic (exact) mass is 311 g/mol. The predicted octanol–water partition coefficient (Wildman–Crippen LogP) is 2.02. The molecule has 0 radical (unpaired) electrons. The molecular weight excluding hydrogens is 294 g/mol. The topological polar surface area (TPSA) is 79.8 Å². The number of hydrogen-bond acceptors (Lipinski definition) is 5. The van der Waals surface area contributed by atoms with Crippen molar-refractivity contribution in [3.8, 4) is 11.3 Å². The summed E-state index contributed by atoms with van der Waals surface area (Å²) in [6, 6.07) is 7.20. The van der Waals surface area contributed by atoms with E-state index in [4.69, 9.17) is 9.52 Å². The minimum absolute atomic E-state index is 0.0494. The second kappa shape index (κ2) is 5.64. The molecule has 4 heterocycles. The average Bonchev–Trinajstić information content (AvgIpc) is 3.32. The van der Waals surface area contributed by atoms with Gasteiger partial charge in [-0.25, -0.2) is 4.98 Å². The zero-order chi connectivity index (χ0) is 15.8. The summed E-state index contributed by atoms with van der Waals surface area (Å²) in [6.07, 6.45) is 5.53. The molecule has 118 valence electrons.